The molecule has 5 heteroatoms. The molecule has 0 atom stereocenters. The third kappa shape index (κ3) is 5.10. The zero-order valence-electron chi connectivity index (χ0n) is 12.9. The highest BCUT2D eigenvalue weighted by Crippen LogP contribution is 2.20. The minimum absolute atomic E-state index is 0.0769. The van der Waals surface area contributed by atoms with Crippen molar-refractivity contribution >= 4 is 11.3 Å². The van der Waals surface area contributed by atoms with Crippen LogP contribution in [0.15, 0.2) is 23.6 Å². The van der Waals surface area contributed by atoms with E-state index in [1.54, 1.807) is 17.4 Å². The van der Waals surface area contributed by atoms with Gasteiger partial charge in [-0.2, -0.15) is 0 Å². The molecule has 1 N–H and O–H groups in total. The van der Waals surface area contributed by atoms with Gasteiger partial charge in [0, 0.05) is 17.5 Å². The van der Waals surface area contributed by atoms with Crippen molar-refractivity contribution in [2.75, 3.05) is 0 Å². The van der Waals surface area contributed by atoms with Crippen molar-refractivity contribution in [2.24, 2.45) is 0 Å². The van der Waals surface area contributed by atoms with E-state index in [9.17, 15) is 4.39 Å². The fourth-order valence-electron chi connectivity index (χ4n) is 1.76. The van der Waals surface area contributed by atoms with Gasteiger partial charge in [-0.3, -0.25) is 0 Å². The predicted octanol–water partition coefficient (Wildman–Crippen LogP) is 4.06. The number of nitrogens with zero attached hydrogens (tertiary/aromatic N) is 1. The molecule has 0 unspecified atom stereocenters. The summed E-state index contributed by atoms with van der Waals surface area (Å²) in [5.74, 6) is 0.447. The van der Waals surface area contributed by atoms with Crippen molar-refractivity contribution in [1.29, 1.82) is 0 Å². The van der Waals surface area contributed by atoms with Crippen LogP contribution in [0.4, 0.5) is 4.39 Å². The zero-order valence-corrected chi connectivity index (χ0v) is 13.7. The second-order valence-corrected chi connectivity index (χ2v) is 6.98. The molecule has 0 saturated heterocycles. The quantitative estimate of drug-likeness (QED) is 0.904. The second kappa shape index (κ2) is 6.54. The fourth-order valence-corrected chi connectivity index (χ4v) is 2.48. The maximum absolute atomic E-state index is 13.0. The molecule has 2 rings (SSSR count). The van der Waals surface area contributed by atoms with Gasteiger partial charge < -0.3 is 10.1 Å². The van der Waals surface area contributed by atoms with Crippen LogP contribution in [0.1, 0.15) is 37.0 Å². The summed E-state index contributed by atoms with van der Waals surface area (Å²) in [4.78, 5) is 4.53. The van der Waals surface area contributed by atoms with E-state index >= 15 is 0 Å². The van der Waals surface area contributed by atoms with E-state index in [-0.39, 0.29) is 11.4 Å². The molecule has 1 aromatic carbocycles. The Morgan fingerprint density at radius 2 is 2.10 bits per heavy atom. The van der Waals surface area contributed by atoms with Crippen LogP contribution in [0.5, 0.6) is 5.75 Å². The Kier molecular flexibility index (Phi) is 4.96. The Bertz CT molecular complexity index is 605. The molecule has 114 valence electrons. The molecule has 0 saturated carbocycles. The first kappa shape index (κ1) is 15.9. The van der Waals surface area contributed by atoms with Gasteiger partial charge in [0.2, 0.25) is 0 Å². The van der Waals surface area contributed by atoms with Gasteiger partial charge in [0.05, 0.1) is 5.69 Å². The SMILES string of the molecule is Cc1cc(F)ccc1OCc1csc(CNC(C)(C)C)n1. The van der Waals surface area contributed by atoms with Crippen LogP contribution >= 0.6 is 11.3 Å². The van der Waals surface area contributed by atoms with Crippen molar-refractivity contribution < 1.29 is 9.13 Å². The first-order valence-electron chi connectivity index (χ1n) is 6.91. The summed E-state index contributed by atoms with van der Waals surface area (Å²) in [5, 5.41) is 6.45. The lowest BCUT2D eigenvalue weighted by molar-refractivity contribution is 0.299. The molecule has 0 radical (unpaired) electrons. The maximum atomic E-state index is 13.0. The molecule has 0 fully saturated rings. The highest BCUT2D eigenvalue weighted by atomic mass is 32.1. The topological polar surface area (TPSA) is 34.1 Å². The fraction of sp³-hybridized carbons (Fsp3) is 0.438. The van der Waals surface area contributed by atoms with Gasteiger partial charge in [-0.1, -0.05) is 0 Å². The van der Waals surface area contributed by atoms with Crippen LogP contribution < -0.4 is 10.1 Å². The third-order valence-corrected chi connectivity index (χ3v) is 3.78. The van der Waals surface area contributed by atoms with Crippen molar-refractivity contribution in [3.05, 3.63) is 45.7 Å². The van der Waals surface area contributed by atoms with Gasteiger partial charge >= 0.3 is 0 Å². The summed E-state index contributed by atoms with van der Waals surface area (Å²) in [7, 11) is 0. The second-order valence-electron chi connectivity index (χ2n) is 6.03. The Morgan fingerprint density at radius 1 is 1.33 bits per heavy atom. The molecular weight excluding hydrogens is 287 g/mol. The average Bonchev–Trinajstić information content (AvgIpc) is 2.82. The number of nitrogens with one attached hydrogen (secondary N) is 1. The summed E-state index contributed by atoms with van der Waals surface area (Å²) in [6.07, 6.45) is 0. The summed E-state index contributed by atoms with van der Waals surface area (Å²) >= 11 is 1.62. The monoisotopic (exact) mass is 308 g/mol. The molecular formula is C16H21FN2OS. The highest BCUT2D eigenvalue weighted by Gasteiger charge is 2.10. The molecule has 0 bridgehead atoms. The number of rotatable bonds is 5. The highest BCUT2D eigenvalue weighted by molar-refractivity contribution is 7.09. The molecule has 1 aromatic heterocycles. The molecule has 0 aliphatic carbocycles. The lowest BCUT2D eigenvalue weighted by Crippen LogP contribution is -2.35. The van der Waals surface area contributed by atoms with Gasteiger partial charge in [-0.15, -0.1) is 11.3 Å². The van der Waals surface area contributed by atoms with Gasteiger partial charge in [0.1, 0.15) is 23.2 Å². The number of ether oxygens (including phenoxy) is 1. The van der Waals surface area contributed by atoms with Gasteiger partial charge in [0.25, 0.3) is 0 Å². The smallest absolute Gasteiger partial charge is 0.131 e. The van der Waals surface area contributed by atoms with E-state index in [4.69, 9.17) is 4.74 Å². The van der Waals surface area contributed by atoms with Crippen LogP contribution in [0.25, 0.3) is 0 Å². The molecule has 0 aliphatic rings. The largest absolute Gasteiger partial charge is 0.487 e. The van der Waals surface area contributed by atoms with Gasteiger partial charge in [-0.25, -0.2) is 9.37 Å². The van der Waals surface area contributed by atoms with E-state index in [0.717, 1.165) is 22.8 Å². The van der Waals surface area contributed by atoms with E-state index in [0.29, 0.717) is 12.4 Å². The molecule has 0 aliphatic heterocycles. The van der Waals surface area contributed by atoms with Crippen LogP contribution in [0.2, 0.25) is 0 Å². The minimum Gasteiger partial charge on any atom is -0.487 e. The molecule has 2 aromatic rings. The van der Waals surface area contributed by atoms with Crippen molar-refractivity contribution in [1.82, 2.24) is 10.3 Å². The Balaban J connectivity index is 1.90. The number of aromatic nitrogens is 1. The first-order chi connectivity index (χ1) is 9.83. The normalized spacial score (nSPS) is 11.7. The van der Waals surface area contributed by atoms with Crippen LogP contribution in [0, 0.1) is 12.7 Å². The lowest BCUT2D eigenvalue weighted by Gasteiger charge is -2.19. The molecule has 0 amide bonds. The molecule has 0 spiro atoms. The van der Waals surface area contributed by atoms with Crippen molar-refractivity contribution in [3.8, 4) is 5.75 Å². The predicted molar refractivity (Wildman–Crippen MR) is 84.2 cm³/mol. The lowest BCUT2D eigenvalue weighted by atomic mass is 10.1. The number of hydrogen-bond donors (Lipinski definition) is 1. The number of aryl methyl sites for hydroxylation is 1. The molecule has 3 nitrogen and oxygen atoms in total. The van der Waals surface area contributed by atoms with Crippen LogP contribution in [-0.4, -0.2) is 10.5 Å². The standard InChI is InChI=1S/C16H21FN2OS/c1-11-7-12(17)5-6-14(11)20-9-13-10-21-15(19-13)8-18-16(2,3)4/h5-7,10,18H,8-9H2,1-4H3. The number of benzene rings is 1. The zero-order chi connectivity index (χ0) is 15.5. The number of hydrogen-bond acceptors (Lipinski definition) is 4. The Hall–Kier alpha value is -1.46. The van der Waals surface area contributed by atoms with E-state index in [1.807, 2.05) is 12.3 Å². The van der Waals surface area contributed by atoms with Gasteiger partial charge in [-0.05, 0) is 51.5 Å². The van der Waals surface area contributed by atoms with Gasteiger partial charge in [0.15, 0.2) is 0 Å². The maximum Gasteiger partial charge on any atom is 0.131 e. The number of halogens is 1. The Morgan fingerprint density at radius 3 is 2.76 bits per heavy atom. The molecule has 1 heterocycles. The van der Waals surface area contributed by atoms with E-state index in [2.05, 4.69) is 31.1 Å². The average molecular weight is 308 g/mol. The van der Waals surface area contributed by atoms with Crippen LogP contribution in [0.3, 0.4) is 0 Å². The van der Waals surface area contributed by atoms with E-state index in [1.165, 1.54) is 12.1 Å². The van der Waals surface area contributed by atoms with Crippen LogP contribution in [-0.2, 0) is 13.2 Å². The van der Waals surface area contributed by atoms with Crippen molar-refractivity contribution in [3.63, 3.8) is 0 Å². The summed E-state index contributed by atoms with van der Waals surface area (Å²) < 4.78 is 18.7. The molecule has 21 heavy (non-hydrogen) atoms. The Labute approximate surface area is 129 Å². The number of thiazole rings is 1. The minimum atomic E-state index is -0.246. The first-order valence-corrected chi connectivity index (χ1v) is 7.79. The third-order valence-electron chi connectivity index (χ3n) is 2.88. The summed E-state index contributed by atoms with van der Waals surface area (Å²) in [6, 6.07) is 4.52. The summed E-state index contributed by atoms with van der Waals surface area (Å²) in [5.41, 5.74) is 1.77. The summed E-state index contributed by atoms with van der Waals surface area (Å²) in [6.45, 7) is 9.37. The van der Waals surface area contributed by atoms with Crippen molar-refractivity contribution in [2.45, 2.75) is 46.4 Å². The van der Waals surface area contributed by atoms with E-state index < -0.39 is 0 Å².